The van der Waals surface area contributed by atoms with Gasteiger partial charge in [0.1, 0.15) is 5.75 Å². The zero-order chi connectivity index (χ0) is 25.3. The summed E-state index contributed by atoms with van der Waals surface area (Å²) in [5, 5.41) is 0. The van der Waals surface area contributed by atoms with Crippen LogP contribution in [-0.2, 0) is 16.1 Å². The van der Waals surface area contributed by atoms with E-state index < -0.39 is 5.79 Å². The summed E-state index contributed by atoms with van der Waals surface area (Å²) >= 11 is 0. The second-order valence-electron chi connectivity index (χ2n) is 10.4. The summed E-state index contributed by atoms with van der Waals surface area (Å²) in [4.78, 5) is 33.1. The van der Waals surface area contributed by atoms with Gasteiger partial charge in [-0.05, 0) is 42.4 Å². The maximum atomic E-state index is 12.8. The largest absolute Gasteiger partial charge is 0.462 e. The number of fused-ring (bicyclic) bond motifs is 1. The summed E-state index contributed by atoms with van der Waals surface area (Å²) in [5.41, 5.74) is 3.79. The van der Waals surface area contributed by atoms with Crippen LogP contribution in [0.15, 0.2) is 42.5 Å². The number of hydrogen-bond acceptors (Lipinski definition) is 6. The molecular formula is C28H36N4O4. The lowest BCUT2D eigenvalue weighted by molar-refractivity contribution is -0.227. The Labute approximate surface area is 213 Å². The summed E-state index contributed by atoms with van der Waals surface area (Å²) < 4.78 is 12.7. The summed E-state index contributed by atoms with van der Waals surface area (Å²) in [6.07, 6.45) is 1.34. The molecule has 2 aromatic rings. The van der Waals surface area contributed by atoms with E-state index in [2.05, 4.69) is 29.0 Å². The van der Waals surface area contributed by atoms with Gasteiger partial charge in [-0.2, -0.15) is 0 Å². The molecule has 3 aliphatic heterocycles. The van der Waals surface area contributed by atoms with Crippen molar-refractivity contribution in [3.05, 3.63) is 53.6 Å². The molecule has 3 heterocycles. The number of hydrogen-bond donors (Lipinski definition) is 0. The second kappa shape index (κ2) is 10.2. The molecule has 36 heavy (non-hydrogen) atoms. The molecule has 2 fully saturated rings. The third-order valence-corrected chi connectivity index (χ3v) is 7.55. The van der Waals surface area contributed by atoms with Crippen LogP contribution in [0.5, 0.6) is 5.75 Å². The molecule has 0 radical (unpaired) electrons. The number of nitrogens with zero attached hydrogens (tertiary/aromatic N) is 4. The molecule has 5 rings (SSSR count). The van der Waals surface area contributed by atoms with Crippen molar-refractivity contribution < 1.29 is 19.1 Å². The molecule has 0 aliphatic carbocycles. The maximum absolute atomic E-state index is 12.8. The zero-order valence-corrected chi connectivity index (χ0v) is 21.5. The molecule has 8 heteroatoms. The first kappa shape index (κ1) is 24.7. The number of piperidine rings is 1. The van der Waals surface area contributed by atoms with Gasteiger partial charge in [0.2, 0.25) is 11.7 Å². The van der Waals surface area contributed by atoms with E-state index in [1.807, 2.05) is 35.2 Å². The van der Waals surface area contributed by atoms with Gasteiger partial charge in [0.25, 0.3) is 5.91 Å². The molecule has 0 saturated carbocycles. The summed E-state index contributed by atoms with van der Waals surface area (Å²) in [7, 11) is 5.63. The van der Waals surface area contributed by atoms with E-state index in [-0.39, 0.29) is 11.8 Å². The SMILES string of the molecule is CN1CCN(CC(=O)N2CCC3(CC2)OCc2cc(-c4ccc(C(=O)N(C)C)cc4)ccc2O3)CC1. The molecule has 192 valence electrons. The predicted molar refractivity (Wildman–Crippen MR) is 138 cm³/mol. The minimum Gasteiger partial charge on any atom is -0.462 e. The van der Waals surface area contributed by atoms with Gasteiger partial charge in [0, 0.05) is 77.3 Å². The van der Waals surface area contributed by atoms with E-state index >= 15 is 0 Å². The van der Waals surface area contributed by atoms with E-state index in [4.69, 9.17) is 9.47 Å². The van der Waals surface area contributed by atoms with Crippen LogP contribution in [0.3, 0.4) is 0 Å². The van der Waals surface area contributed by atoms with Gasteiger partial charge in [-0.3, -0.25) is 14.5 Å². The van der Waals surface area contributed by atoms with Crippen LogP contribution in [0.4, 0.5) is 0 Å². The number of benzene rings is 2. The van der Waals surface area contributed by atoms with Gasteiger partial charge >= 0.3 is 0 Å². The standard InChI is InChI=1S/C28H36N4O4/c1-29(2)27(34)22-6-4-21(5-7-22)23-8-9-25-24(18-23)20-35-28(36-25)10-12-32(13-11-28)26(33)19-31-16-14-30(3)15-17-31/h4-9,18H,10-17,19-20H2,1-3H3. The van der Waals surface area contributed by atoms with Crippen molar-refractivity contribution in [1.82, 2.24) is 19.6 Å². The van der Waals surface area contributed by atoms with Crippen molar-refractivity contribution >= 4 is 11.8 Å². The highest BCUT2D eigenvalue weighted by Gasteiger charge is 2.42. The average molecular weight is 493 g/mol. The van der Waals surface area contributed by atoms with Crippen LogP contribution in [0, 0.1) is 0 Å². The quantitative estimate of drug-likeness (QED) is 0.654. The lowest BCUT2D eigenvalue weighted by Gasteiger charge is -2.44. The summed E-state index contributed by atoms with van der Waals surface area (Å²) in [5.74, 6) is 0.384. The number of carbonyl (C=O) groups is 2. The van der Waals surface area contributed by atoms with Crippen molar-refractivity contribution in [2.45, 2.75) is 25.2 Å². The van der Waals surface area contributed by atoms with Crippen molar-refractivity contribution in [2.75, 3.05) is 67.0 Å². The van der Waals surface area contributed by atoms with Crippen LogP contribution in [0.25, 0.3) is 11.1 Å². The zero-order valence-electron chi connectivity index (χ0n) is 21.5. The summed E-state index contributed by atoms with van der Waals surface area (Å²) in [6, 6.07) is 13.8. The maximum Gasteiger partial charge on any atom is 0.253 e. The molecule has 8 nitrogen and oxygen atoms in total. The van der Waals surface area contributed by atoms with Crippen molar-refractivity contribution in [1.29, 1.82) is 0 Å². The highest BCUT2D eigenvalue weighted by Crippen LogP contribution is 2.39. The predicted octanol–water partition coefficient (Wildman–Crippen LogP) is 2.53. The van der Waals surface area contributed by atoms with Crippen molar-refractivity contribution in [2.24, 2.45) is 0 Å². The van der Waals surface area contributed by atoms with E-state index in [1.165, 1.54) is 0 Å². The number of ether oxygens (including phenoxy) is 2. The fraction of sp³-hybridized carbons (Fsp3) is 0.500. The van der Waals surface area contributed by atoms with Gasteiger partial charge < -0.3 is 24.2 Å². The minimum atomic E-state index is -0.659. The topological polar surface area (TPSA) is 65.6 Å². The van der Waals surface area contributed by atoms with Gasteiger partial charge in [-0.15, -0.1) is 0 Å². The van der Waals surface area contributed by atoms with E-state index in [1.54, 1.807) is 19.0 Å². The van der Waals surface area contributed by atoms with Crippen LogP contribution < -0.4 is 4.74 Å². The molecule has 2 aromatic carbocycles. The Morgan fingerprint density at radius 1 is 0.917 bits per heavy atom. The number of carbonyl (C=O) groups excluding carboxylic acids is 2. The molecule has 3 aliphatic rings. The Hall–Kier alpha value is -2.94. The Bertz CT molecular complexity index is 1100. The molecule has 0 aromatic heterocycles. The first-order valence-electron chi connectivity index (χ1n) is 12.8. The molecule has 1 spiro atoms. The van der Waals surface area contributed by atoms with E-state index in [9.17, 15) is 9.59 Å². The monoisotopic (exact) mass is 492 g/mol. The molecule has 0 N–H and O–H groups in total. The average Bonchev–Trinajstić information content (AvgIpc) is 2.90. The highest BCUT2D eigenvalue weighted by atomic mass is 16.7. The lowest BCUT2D eigenvalue weighted by atomic mass is 9.98. The van der Waals surface area contributed by atoms with Gasteiger partial charge in [-0.1, -0.05) is 18.2 Å². The number of likely N-dealkylation sites (tertiary alicyclic amines) is 1. The second-order valence-corrected chi connectivity index (χ2v) is 10.4. The van der Waals surface area contributed by atoms with Crippen LogP contribution in [0.1, 0.15) is 28.8 Å². The van der Waals surface area contributed by atoms with Crippen LogP contribution >= 0.6 is 0 Å². The number of rotatable bonds is 4. The molecule has 0 bridgehead atoms. The van der Waals surface area contributed by atoms with Gasteiger partial charge in [0.15, 0.2) is 0 Å². The number of piperazine rings is 1. The third kappa shape index (κ3) is 5.26. The van der Waals surface area contributed by atoms with E-state index in [0.717, 1.165) is 48.6 Å². The molecule has 0 unspecified atom stereocenters. The van der Waals surface area contributed by atoms with E-state index in [0.29, 0.717) is 44.6 Å². The first-order chi connectivity index (χ1) is 17.3. The lowest BCUT2D eigenvalue weighted by Crippen LogP contribution is -2.55. The molecule has 2 amide bonds. The number of likely N-dealkylation sites (N-methyl/N-ethyl adjacent to an activating group) is 1. The molecule has 0 atom stereocenters. The first-order valence-corrected chi connectivity index (χ1v) is 12.8. The van der Waals surface area contributed by atoms with Gasteiger partial charge in [0.05, 0.1) is 13.2 Å². The Morgan fingerprint density at radius 2 is 1.58 bits per heavy atom. The number of amides is 2. The molecular weight excluding hydrogens is 456 g/mol. The van der Waals surface area contributed by atoms with Gasteiger partial charge in [-0.25, -0.2) is 0 Å². The van der Waals surface area contributed by atoms with Crippen LogP contribution in [0.2, 0.25) is 0 Å². The van der Waals surface area contributed by atoms with Crippen LogP contribution in [-0.4, -0.2) is 104 Å². The fourth-order valence-corrected chi connectivity index (χ4v) is 5.11. The summed E-state index contributed by atoms with van der Waals surface area (Å²) in [6.45, 7) is 6.21. The Kier molecular flexibility index (Phi) is 7.01. The van der Waals surface area contributed by atoms with Crippen molar-refractivity contribution in [3.8, 4) is 16.9 Å². The molecule has 2 saturated heterocycles. The normalized spacial score (nSPS) is 20.0. The van der Waals surface area contributed by atoms with Crippen molar-refractivity contribution in [3.63, 3.8) is 0 Å². The highest BCUT2D eigenvalue weighted by molar-refractivity contribution is 5.94. The Morgan fingerprint density at radius 3 is 2.25 bits per heavy atom. The Balaban J connectivity index is 1.18. The minimum absolute atomic E-state index is 0.00818. The third-order valence-electron chi connectivity index (χ3n) is 7.55. The fourth-order valence-electron chi connectivity index (χ4n) is 5.11. The smallest absolute Gasteiger partial charge is 0.253 e.